The summed E-state index contributed by atoms with van der Waals surface area (Å²) in [6, 6.07) is 3.77. The van der Waals surface area contributed by atoms with Crippen LogP contribution in [-0.4, -0.2) is 29.2 Å². The van der Waals surface area contributed by atoms with Gasteiger partial charge in [-0.05, 0) is 19.9 Å². The minimum absolute atomic E-state index is 0.306. The third-order valence-corrected chi connectivity index (χ3v) is 1.87. The predicted molar refractivity (Wildman–Crippen MR) is 56.8 cm³/mol. The number of benzene rings is 1. The monoisotopic (exact) mass is 226 g/mol. The van der Waals surface area contributed by atoms with E-state index in [4.69, 9.17) is 14.8 Å². The number of esters is 1. The summed E-state index contributed by atoms with van der Waals surface area (Å²) >= 11 is 0. The molecular weight excluding hydrogens is 214 g/mol. The van der Waals surface area contributed by atoms with Crippen molar-refractivity contribution in [1.82, 2.24) is 0 Å². The highest BCUT2D eigenvalue weighted by Gasteiger charge is 2.22. The average molecular weight is 226 g/mol. The molecule has 0 unspecified atom stereocenters. The zero-order chi connectivity index (χ0) is 12.3. The zero-order valence-electron chi connectivity index (χ0n) is 8.98. The number of ether oxygens (including phenoxy) is 1. The van der Waals surface area contributed by atoms with Crippen molar-refractivity contribution in [2.24, 2.45) is 0 Å². The SMILES string of the molecule is CC(C)OC(=O)c1cccc(B(O)O)c1F. The molecule has 0 aromatic heterocycles. The van der Waals surface area contributed by atoms with E-state index in [1.54, 1.807) is 13.8 Å². The van der Waals surface area contributed by atoms with Gasteiger partial charge in [-0.2, -0.15) is 0 Å². The van der Waals surface area contributed by atoms with E-state index in [0.29, 0.717) is 0 Å². The van der Waals surface area contributed by atoms with E-state index in [9.17, 15) is 9.18 Å². The topological polar surface area (TPSA) is 66.8 Å². The molecule has 6 heteroatoms. The number of halogens is 1. The number of hydrogen-bond acceptors (Lipinski definition) is 4. The minimum atomic E-state index is -1.95. The van der Waals surface area contributed by atoms with Crippen LogP contribution >= 0.6 is 0 Å². The van der Waals surface area contributed by atoms with Crippen LogP contribution in [-0.2, 0) is 4.74 Å². The van der Waals surface area contributed by atoms with Gasteiger partial charge in [-0.3, -0.25) is 0 Å². The van der Waals surface area contributed by atoms with Gasteiger partial charge in [0.15, 0.2) is 0 Å². The molecule has 2 N–H and O–H groups in total. The third-order valence-electron chi connectivity index (χ3n) is 1.87. The lowest BCUT2D eigenvalue weighted by Crippen LogP contribution is -2.34. The summed E-state index contributed by atoms with van der Waals surface area (Å²) in [5, 5.41) is 17.7. The fourth-order valence-electron chi connectivity index (χ4n) is 1.18. The number of hydrogen-bond donors (Lipinski definition) is 2. The fourth-order valence-corrected chi connectivity index (χ4v) is 1.18. The van der Waals surface area contributed by atoms with Crippen LogP contribution in [0.5, 0.6) is 0 Å². The van der Waals surface area contributed by atoms with Gasteiger partial charge in [-0.1, -0.05) is 12.1 Å². The van der Waals surface area contributed by atoms with Crippen molar-refractivity contribution in [3.8, 4) is 0 Å². The first-order valence-corrected chi connectivity index (χ1v) is 4.79. The molecule has 0 spiro atoms. The fraction of sp³-hybridized carbons (Fsp3) is 0.300. The third kappa shape index (κ3) is 2.80. The molecule has 16 heavy (non-hydrogen) atoms. The van der Waals surface area contributed by atoms with Crippen LogP contribution in [0.15, 0.2) is 18.2 Å². The second-order valence-corrected chi connectivity index (χ2v) is 3.54. The summed E-state index contributed by atoms with van der Waals surface area (Å²) < 4.78 is 18.4. The van der Waals surface area contributed by atoms with Gasteiger partial charge >= 0.3 is 13.1 Å². The average Bonchev–Trinajstić information content (AvgIpc) is 2.16. The van der Waals surface area contributed by atoms with E-state index in [-0.39, 0.29) is 17.1 Å². The summed E-state index contributed by atoms with van der Waals surface area (Å²) in [4.78, 5) is 11.4. The van der Waals surface area contributed by atoms with Gasteiger partial charge in [0.2, 0.25) is 0 Å². The lowest BCUT2D eigenvalue weighted by atomic mass is 9.79. The van der Waals surface area contributed by atoms with Gasteiger partial charge < -0.3 is 14.8 Å². The highest BCUT2D eigenvalue weighted by Crippen LogP contribution is 2.08. The molecule has 0 aliphatic heterocycles. The highest BCUT2D eigenvalue weighted by molar-refractivity contribution is 6.58. The van der Waals surface area contributed by atoms with Gasteiger partial charge in [-0.15, -0.1) is 0 Å². The lowest BCUT2D eigenvalue weighted by Gasteiger charge is -2.10. The van der Waals surface area contributed by atoms with E-state index in [1.165, 1.54) is 18.2 Å². The Morgan fingerprint density at radius 2 is 2.06 bits per heavy atom. The molecule has 0 saturated carbocycles. The number of rotatable bonds is 3. The summed E-state index contributed by atoms with van der Waals surface area (Å²) in [5.41, 5.74) is -0.655. The molecular formula is C10H12BFO4. The largest absolute Gasteiger partial charge is 0.491 e. The quantitative estimate of drug-likeness (QED) is 0.565. The number of carbonyl (C=O) groups excluding carboxylic acids is 1. The molecule has 0 saturated heterocycles. The van der Waals surface area contributed by atoms with Crippen LogP contribution in [0.4, 0.5) is 4.39 Å². The summed E-state index contributed by atoms with van der Waals surface area (Å²) in [7, 11) is -1.95. The molecule has 1 rings (SSSR count). The van der Waals surface area contributed by atoms with Crippen molar-refractivity contribution < 1.29 is 24.0 Å². The summed E-state index contributed by atoms with van der Waals surface area (Å²) in [6.07, 6.45) is -0.366. The van der Waals surface area contributed by atoms with Crippen molar-refractivity contribution in [1.29, 1.82) is 0 Å². The normalized spacial score (nSPS) is 10.4. The van der Waals surface area contributed by atoms with Crippen LogP contribution in [0.25, 0.3) is 0 Å². The van der Waals surface area contributed by atoms with Gasteiger partial charge in [-0.25, -0.2) is 9.18 Å². The van der Waals surface area contributed by atoms with Crippen molar-refractivity contribution in [2.75, 3.05) is 0 Å². The molecule has 86 valence electrons. The standard InChI is InChI=1S/C10H12BFO4/c1-6(2)16-10(13)7-4-3-5-8(9(7)12)11(14)15/h3-6,14-15H,1-2H3. The van der Waals surface area contributed by atoms with Crippen molar-refractivity contribution in [2.45, 2.75) is 20.0 Å². The Morgan fingerprint density at radius 3 is 2.56 bits per heavy atom. The molecule has 1 aromatic carbocycles. The molecule has 0 aliphatic carbocycles. The maximum atomic E-state index is 13.6. The first-order chi connectivity index (χ1) is 7.43. The Labute approximate surface area is 92.8 Å². The van der Waals surface area contributed by atoms with E-state index < -0.39 is 18.9 Å². The molecule has 4 nitrogen and oxygen atoms in total. The molecule has 0 aliphatic rings. The van der Waals surface area contributed by atoms with Crippen molar-refractivity contribution >= 4 is 18.6 Å². The maximum Gasteiger partial charge on any atom is 0.491 e. The molecule has 0 heterocycles. The van der Waals surface area contributed by atoms with Crippen LogP contribution < -0.4 is 5.46 Å². The Hall–Kier alpha value is -1.40. The van der Waals surface area contributed by atoms with Crippen molar-refractivity contribution in [3.63, 3.8) is 0 Å². The first-order valence-electron chi connectivity index (χ1n) is 4.79. The molecule has 1 aromatic rings. The van der Waals surface area contributed by atoms with Gasteiger partial charge in [0.1, 0.15) is 5.82 Å². The van der Waals surface area contributed by atoms with Gasteiger partial charge in [0.05, 0.1) is 11.7 Å². The van der Waals surface area contributed by atoms with Gasteiger partial charge in [0.25, 0.3) is 0 Å². The smallest absolute Gasteiger partial charge is 0.459 e. The lowest BCUT2D eigenvalue weighted by molar-refractivity contribution is 0.0373. The van der Waals surface area contributed by atoms with E-state index >= 15 is 0 Å². The Balaban J connectivity index is 3.06. The van der Waals surface area contributed by atoms with E-state index in [2.05, 4.69) is 0 Å². The second kappa shape index (κ2) is 5.09. The van der Waals surface area contributed by atoms with Crippen LogP contribution in [0, 0.1) is 5.82 Å². The molecule has 0 amide bonds. The molecule has 0 atom stereocenters. The predicted octanol–water partition coefficient (Wildman–Crippen LogP) is 0.0707. The van der Waals surface area contributed by atoms with E-state index in [0.717, 1.165) is 0 Å². The Bertz CT molecular complexity index is 392. The highest BCUT2D eigenvalue weighted by atomic mass is 19.1. The zero-order valence-corrected chi connectivity index (χ0v) is 8.98. The maximum absolute atomic E-state index is 13.6. The first kappa shape index (κ1) is 12.7. The number of carbonyl (C=O) groups is 1. The molecule has 0 radical (unpaired) electrons. The second-order valence-electron chi connectivity index (χ2n) is 3.54. The Morgan fingerprint density at radius 1 is 1.44 bits per heavy atom. The molecule has 0 bridgehead atoms. The minimum Gasteiger partial charge on any atom is -0.459 e. The van der Waals surface area contributed by atoms with Crippen LogP contribution in [0.1, 0.15) is 24.2 Å². The van der Waals surface area contributed by atoms with E-state index in [1.807, 2.05) is 0 Å². The Kier molecular flexibility index (Phi) is 4.03. The summed E-state index contributed by atoms with van der Waals surface area (Å²) in [6.45, 7) is 3.28. The molecule has 0 fully saturated rings. The van der Waals surface area contributed by atoms with Crippen LogP contribution in [0.3, 0.4) is 0 Å². The van der Waals surface area contributed by atoms with Crippen LogP contribution in [0.2, 0.25) is 0 Å². The van der Waals surface area contributed by atoms with Crippen molar-refractivity contribution in [3.05, 3.63) is 29.6 Å². The van der Waals surface area contributed by atoms with Gasteiger partial charge in [0, 0.05) is 5.46 Å². The summed E-state index contributed by atoms with van der Waals surface area (Å²) in [5.74, 6) is -1.79.